The first-order chi connectivity index (χ1) is 15.2. The van der Waals surface area contributed by atoms with Crippen LogP contribution in [-0.4, -0.2) is 53.8 Å². The van der Waals surface area contributed by atoms with Crippen molar-refractivity contribution in [2.24, 2.45) is 13.0 Å². The normalized spacial score (nSPS) is 17.2. The fourth-order valence-electron chi connectivity index (χ4n) is 4.02. The van der Waals surface area contributed by atoms with E-state index in [9.17, 15) is 18.0 Å². The van der Waals surface area contributed by atoms with E-state index in [4.69, 9.17) is 4.74 Å². The van der Waals surface area contributed by atoms with Crippen molar-refractivity contribution < 1.29 is 22.7 Å². The Kier molecular flexibility index (Phi) is 7.35. The van der Waals surface area contributed by atoms with E-state index in [-0.39, 0.29) is 29.5 Å². The molecule has 32 heavy (non-hydrogen) atoms. The number of aromatic nitrogens is 2. The fourth-order valence-corrected chi connectivity index (χ4v) is 6.02. The molecule has 0 radical (unpaired) electrons. The van der Waals surface area contributed by atoms with Crippen molar-refractivity contribution in [2.75, 3.05) is 19.7 Å². The minimum absolute atomic E-state index is 0.0348. The fraction of sp³-hybridized carbons (Fsp3) is 0.500. The molecule has 1 amide bonds. The number of piperidine rings is 1. The minimum atomic E-state index is -4.00. The lowest BCUT2D eigenvalue weighted by molar-refractivity contribution is -0.126. The molecule has 1 N–H and O–H groups in total. The largest absolute Gasteiger partial charge is 0.462 e. The number of sulfonamides is 1. The van der Waals surface area contributed by atoms with Crippen molar-refractivity contribution in [2.45, 2.75) is 45.1 Å². The number of rotatable bonds is 7. The molecule has 0 bridgehead atoms. The number of esters is 1. The number of amides is 1. The second-order valence-corrected chi connectivity index (χ2v) is 9.81. The SMILES string of the molecule is CCOC(=O)c1c(S(=O)(=O)N2CCC[C@H](C(=O)NCc3cccnc3)C2)c(C)n(C)c1C. The molecule has 3 rings (SSSR count). The summed E-state index contributed by atoms with van der Waals surface area (Å²) in [7, 11) is -2.28. The predicted molar refractivity (Wildman–Crippen MR) is 118 cm³/mol. The smallest absolute Gasteiger partial charge is 0.341 e. The summed E-state index contributed by atoms with van der Waals surface area (Å²) in [6.45, 7) is 5.89. The number of nitrogens with zero attached hydrogens (tertiary/aromatic N) is 3. The Morgan fingerprint density at radius 2 is 2.03 bits per heavy atom. The highest BCUT2D eigenvalue weighted by Crippen LogP contribution is 2.32. The van der Waals surface area contributed by atoms with Gasteiger partial charge >= 0.3 is 5.97 Å². The zero-order valence-corrected chi connectivity index (χ0v) is 19.7. The maximum Gasteiger partial charge on any atom is 0.341 e. The number of hydrogen-bond donors (Lipinski definition) is 1. The molecule has 1 aliphatic heterocycles. The number of hydrogen-bond acceptors (Lipinski definition) is 6. The molecule has 3 heterocycles. The van der Waals surface area contributed by atoms with Crippen LogP contribution in [-0.2, 0) is 33.1 Å². The predicted octanol–water partition coefficient (Wildman–Crippen LogP) is 1.93. The van der Waals surface area contributed by atoms with Crippen molar-refractivity contribution in [1.82, 2.24) is 19.2 Å². The van der Waals surface area contributed by atoms with Crippen LogP contribution in [0.25, 0.3) is 0 Å². The van der Waals surface area contributed by atoms with Crippen LogP contribution < -0.4 is 5.32 Å². The lowest BCUT2D eigenvalue weighted by Crippen LogP contribution is -2.45. The van der Waals surface area contributed by atoms with Gasteiger partial charge in [0.1, 0.15) is 10.5 Å². The number of carbonyl (C=O) groups is 2. The van der Waals surface area contributed by atoms with E-state index in [1.54, 1.807) is 50.8 Å². The van der Waals surface area contributed by atoms with Gasteiger partial charge in [-0.05, 0) is 45.2 Å². The van der Waals surface area contributed by atoms with Gasteiger partial charge in [-0.25, -0.2) is 13.2 Å². The summed E-state index contributed by atoms with van der Waals surface area (Å²) in [5.74, 6) is -1.32. The summed E-state index contributed by atoms with van der Waals surface area (Å²) in [5, 5.41) is 2.87. The first-order valence-electron chi connectivity index (χ1n) is 10.7. The molecule has 0 aliphatic carbocycles. The van der Waals surface area contributed by atoms with Gasteiger partial charge in [0.2, 0.25) is 15.9 Å². The van der Waals surface area contributed by atoms with Crippen molar-refractivity contribution in [3.05, 3.63) is 47.0 Å². The molecule has 1 aliphatic rings. The quantitative estimate of drug-likeness (QED) is 0.630. The van der Waals surface area contributed by atoms with Crippen LogP contribution in [0.2, 0.25) is 0 Å². The molecule has 1 saturated heterocycles. The van der Waals surface area contributed by atoms with E-state index in [1.165, 1.54) is 4.31 Å². The van der Waals surface area contributed by atoms with Gasteiger partial charge < -0.3 is 14.6 Å². The molecule has 9 nitrogen and oxygen atoms in total. The molecule has 1 atom stereocenters. The Balaban J connectivity index is 1.82. The van der Waals surface area contributed by atoms with Crippen molar-refractivity contribution in [3.63, 3.8) is 0 Å². The second kappa shape index (κ2) is 9.83. The molecule has 10 heteroatoms. The van der Waals surface area contributed by atoms with Gasteiger partial charge in [0.25, 0.3) is 0 Å². The molecule has 0 spiro atoms. The first kappa shape index (κ1) is 23.9. The van der Waals surface area contributed by atoms with Crippen LogP contribution in [0, 0.1) is 19.8 Å². The number of pyridine rings is 1. The molecule has 0 unspecified atom stereocenters. The van der Waals surface area contributed by atoms with Gasteiger partial charge in [0, 0.05) is 50.5 Å². The van der Waals surface area contributed by atoms with Crippen LogP contribution in [0.1, 0.15) is 47.1 Å². The van der Waals surface area contributed by atoms with Crippen LogP contribution in [0.5, 0.6) is 0 Å². The average Bonchev–Trinajstić information content (AvgIpc) is 3.03. The number of nitrogens with one attached hydrogen (secondary N) is 1. The van der Waals surface area contributed by atoms with Crippen LogP contribution in [0.4, 0.5) is 0 Å². The number of carbonyl (C=O) groups excluding carboxylic acids is 2. The molecular formula is C22H30N4O5S. The average molecular weight is 463 g/mol. The van der Waals surface area contributed by atoms with Crippen LogP contribution >= 0.6 is 0 Å². The van der Waals surface area contributed by atoms with E-state index in [0.29, 0.717) is 37.3 Å². The lowest BCUT2D eigenvalue weighted by atomic mass is 9.99. The molecule has 0 aromatic carbocycles. The highest BCUT2D eigenvalue weighted by molar-refractivity contribution is 7.89. The van der Waals surface area contributed by atoms with E-state index in [2.05, 4.69) is 10.3 Å². The minimum Gasteiger partial charge on any atom is -0.462 e. The summed E-state index contributed by atoms with van der Waals surface area (Å²) in [6.07, 6.45) is 4.49. The van der Waals surface area contributed by atoms with Crippen molar-refractivity contribution >= 4 is 21.9 Å². The topological polar surface area (TPSA) is 111 Å². The molecule has 0 saturated carbocycles. The maximum absolute atomic E-state index is 13.6. The summed E-state index contributed by atoms with van der Waals surface area (Å²) < 4.78 is 35.4. The van der Waals surface area contributed by atoms with Gasteiger partial charge in [-0.2, -0.15) is 4.31 Å². The van der Waals surface area contributed by atoms with Gasteiger partial charge in [-0.3, -0.25) is 9.78 Å². The summed E-state index contributed by atoms with van der Waals surface area (Å²) >= 11 is 0. The second-order valence-electron chi connectivity index (χ2n) is 7.94. The summed E-state index contributed by atoms with van der Waals surface area (Å²) in [5.41, 5.74) is 1.93. The zero-order chi connectivity index (χ0) is 23.5. The highest BCUT2D eigenvalue weighted by atomic mass is 32.2. The maximum atomic E-state index is 13.6. The van der Waals surface area contributed by atoms with E-state index in [0.717, 1.165) is 5.56 Å². The summed E-state index contributed by atoms with van der Waals surface area (Å²) in [4.78, 5) is 29.3. The Morgan fingerprint density at radius 1 is 1.28 bits per heavy atom. The van der Waals surface area contributed by atoms with Crippen LogP contribution in [0.15, 0.2) is 29.4 Å². The highest BCUT2D eigenvalue weighted by Gasteiger charge is 2.38. The number of ether oxygens (including phenoxy) is 1. The van der Waals surface area contributed by atoms with Crippen LogP contribution in [0.3, 0.4) is 0 Å². The Bertz CT molecular complexity index is 1100. The molecule has 1 fully saturated rings. The lowest BCUT2D eigenvalue weighted by Gasteiger charge is -2.31. The Labute approximate surface area is 188 Å². The molecule has 174 valence electrons. The van der Waals surface area contributed by atoms with Gasteiger partial charge in [-0.1, -0.05) is 6.07 Å². The Hall–Kier alpha value is -2.72. The van der Waals surface area contributed by atoms with Gasteiger partial charge in [-0.15, -0.1) is 0 Å². The molecule has 2 aromatic rings. The third-order valence-electron chi connectivity index (χ3n) is 5.95. The molecular weight excluding hydrogens is 432 g/mol. The van der Waals surface area contributed by atoms with Gasteiger partial charge in [0.15, 0.2) is 0 Å². The first-order valence-corrected chi connectivity index (χ1v) is 12.1. The third kappa shape index (κ3) is 4.71. The van der Waals surface area contributed by atoms with Crippen molar-refractivity contribution in [3.8, 4) is 0 Å². The zero-order valence-electron chi connectivity index (χ0n) is 18.9. The van der Waals surface area contributed by atoms with E-state index in [1.807, 2.05) is 6.07 Å². The monoisotopic (exact) mass is 462 g/mol. The van der Waals surface area contributed by atoms with E-state index < -0.39 is 21.9 Å². The summed E-state index contributed by atoms with van der Waals surface area (Å²) in [6, 6.07) is 3.66. The Morgan fingerprint density at radius 3 is 2.69 bits per heavy atom. The standard InChI is InChI=1S/C22H30N4O5S/c1-5-31-22(28)19-15(2)25(4)16(3)20(19)32(29,30)26-11-7-9-18(14-26)21(27)24-13-17-8-6-10-23-12-17/h6,8,10,12,18H,5,7,9,11,13-14H2,1-4H3,(H,24,27)/t18-/m0/s1. The van der Waals surface area contributed by atoms with E-state index >= 15 is 0 Å². The third-order valence-corrected chi connectivity index (χ3v) is 7.97. The van der Waals surface area contributed by atoms with Crippen molar-refractivity contribution in [1.29, 1.82) is 0 Å². The molecule has 2 aromatic heterocycles. The van der Waals surface area contributed by atoms with Gasteiger partial charge in [0.05, 0.1) is 12.5 Å².